The summed E-state index contributed by atoms with van der Waals surface area (Å²) >= 11 is 0. The van der Waals surface area contributed by atoms with Crippen molar-refractivity contribution < 1.29 is 17.9 Å². The van der Waals surface area contributed by atoms with E-state index in [1.54, 1.807) is 24.3 Å². The molecule has 190 valence electrons. The molecular formula is C26H36N4O4S. The highest BCUT2D eigenvalue weighted by molar-refractivity contribution is 7.92. The molecule has 3 N–H and O–H groups in total. The van der Waals surface area contributed by atoms with E-state index in [4.69, 9.17) is 4.74 Å². The summed E-state index contributed by atoms with van der Waals surface area (Å²) in [5, 5.41) is 6.32. The van der Waals surface area contributed by atoms with Gasteiger partial charge in [0.15, 0.2) is 0 Å². The lowest BCUT2D eigenvalue weighted by Gasteiger charge is -2.33. The molecule has 35 heavy (non-hydrogen) atoms. The SMILES string of the molecule is CS(=O)(=O)Nc1ccc(Oc2ccc(CN3CCC(NC(=O)NC4CCCCC4)CC3)cc2)cc1. The Labute approximate surface area is 208 Å². The van der Waals surface area contributed by atoms with E-state index in [1.807, 2.05) is 12.1 Å². The third-order valence-corrected chi connectivity index (χ3v) is 7.19. The van der Waals surface area contributed by atoms with Crippen LogP contribution in [0.2, 0.25) is 0 Å². The maximum absolute atomic E-state index is 12.3. The molecular weight excluding hydrogens is 464 g/mol. The molecule has 2 amide bonds. The van der Waals surface area contributed by atoms with Crippen LogP contribution in [-0.4, -0.2) is 50.8 Å². The average molecular weight is 501 g/mol. The summed E-state index contributed by atoms with van der Waals surface area (Å²) in [5.74, 6) is 1.36. The van der Waals surface area contributed by atoms with Gasteiger partial charge >= 0.3 is 6.03 Å². The van der Waals surface area contributed by atoms with E-state index in [0.29, 0.717) is 17.5 Å². The van der Waals surface area contributed by atoms with Gasteiger partial charge in [0.25, 0.3) is 0 Å². The van der Waals surface area contributed by atoms with Crippen molar-refractivity contribution in [1.82, 2.24) is 15.5 Å². The number of rotatable bonds is 8. The number of sulfonamides is 1. The number of urea groups is 1. The lowest BCUT2D eigenvalue weighted by Crippen LogP contribution is -2.50. The first-order chi connectivity index (χ1) is 16.8. The number of hydrogen-bond donors (Lipinski definition) is 3. The second kappa shape index (κ2) is 11.8. The molecule has 1 saturated carbocycles. The number of nitrogens with zero attached hydrogens (tertiary/aromatic N) is 1. The molecule has 2 aromatic carbocycles. The molecule has 8 nitrogen and oxygen atoms in total. The van der Waals surface area contributed by atoms with Crippen molar-refractivity contribution in [3.8, 4) is 11.5 Å². The molecule has 1 saturated heterocycles. The van der Waals surface area contributed by atoms with Crippen molar-refractivity contribution in [3.05, 3.63) is 54.1 Å². The van der Waals surface area contributed by atoms with Gasteiger partial charge in [-0.1, -0.05) is 31.4 Å². The lowest BCUT2D eigenvalue weighted by atomic mass is 9.96. The number of likely N-dealkylation sites (tertiary alicyclic amines) is 1. The van der Waals surface area contributed by atoms with Gasteiger partial charge in [-0.3, -0.25) is 9.62 Å². The zero-order valence-electron chi connectivity index (χ0n) is 20.3. The standard InChI is InChI=1S/C26H36N4O4S/c1-35(32,33)29-23-9-13-25(14-10-23)34-24-11-7-20(8-12-24)19-30-17-15-22(16-18-30)28-26(31)27-21-5-3-2-4-6-21/h7-14,21-22,29H,2-6,15-19H2,1H3,(H2,27,28,31). The molecule has 2 aromatic rings. The highest BCUT2D eigenvalue weighted by Crippen LogP contribution is 2.24. The first-order valence-corrected chi connectivity index (χ1v) is 14.4. The molecule has 1 aliphatic heterocycles. The number of ether oxygens (including phenoxy) is 1. The Balaban J connectivity index is 1.18. The Bertz CT molecular complexity index is 1060. The third-order valence-electron chi connectivity index (χ3n) is 6.59. The van der Waals surface area contributed by atoms with Crippen molar-refractivity contribution >= 4 is 21.7 Å². The smallest absolute Gasteiger partial charge is 0.315 e. The van der Waals surface area contributed by atoms with Gasteiger partial charge < -0.3 is 15.4 Å². The molecule has 0 unspecified atom stereocenters. The van der Waals surface area contributed by atoms with E-state index >= 15 is 0 Å². The minimum atomic E-state index is -3.30. The zero-order valence-corrected chi connectivity index (χ0v) is 21.1. The summed E-state index contributed by atoms with van der Waals surface area (Å²) in [5.41, 5.74) is 1.71. The molecule has 1 aliphatic carbocycles. The Kier molecular flexibility index (Phi) is 8.51. The molecule has 0 atom stereocenters. The van der Waals surface area contributed by atoms with Gasteiger partial charge in [0.2, 0.25) is 10.0 Å². The number of carbonyl (C=O) groups excluding carboxylic acids is 1. The van der Waals surface area contributed by atoms with Crippen LogP contribution in [0.25, 0.3) is 0 Å². The van der Waals surface area contributed by atoms with E-state index in [2.05, 4.69) is 32.4 Å². The molecule has 0 spiro atoms. The second-order valence-electron chi connectivity index (χ2n) is 9.65. The maximum atomic E-state index is 12.3. The van der Waals surface area contributed by atoms with Gasteiger partial charge in [0.1, 0.15) is 11.5 Å². The summed E-state index contributed by atoms with van der Waals surface area (Å²) in [4.78, 5) is 14.7. The summed E-state index contributed by atoms with van der Waals surface area (Å²) < 4.78 is 30.9. The quantitative estimate of drug-likeness (QED) is 0.497. The number of piperidine rings is 1. The number of amides is 2. The summed E-state index contributed by atoms with van der Waals surface area (Å²) in [6.45, 7) is 2.79. The molecule has 9 heteroatoms. The van der Waals surface area contributed by atoms with Crippen LogP contribution < -0.4 is 20.1 Å². The molecule has 2 fully saturated rings. The lowest BCUT2D eigenvalue weighted by molar-refractivity contribution is 0.184. The van der Waals surface area contributed by atoms with E-state index in [0.717, 1.165) is 57.3 Å². The highest BCUT2D eigenvalue weighted by Gasteiger charge is 2.22. The van der Waals surface area contributed by atoms with Crippen LogP contribution in [-0.2, 0) is 16.6 Å². The normalized spacial score (nSPS) is 18.1. The van der Waals surface area contributed by atoms with E-state index in [1.165, 1.54) is 24.8 Å². The fourth-order valence-corrected chi connectivity index (χ4v) is 5.32. The summed E-state index contributed by atoms with van der Waals surface area (Å²) in [6, 6.07) is 15.4. The largest absolute Gasteiger partial charge is 0.457 e. The number of benzene rings is 2. The van der Waals surface area contributed by atoms with Gasteiger partial charge in [-0.15, -0.1) is 0 Å². The van der Waals surface area contributed by atoms with E-state index < -0.39 is 10.0 Å². The summed E-state index contributed by atoms with van der Waals surface area (Å²) in [7, 11) is -3.30. The van der Waals surface area contributed by atoms with Gasteiger partial charge in [0.05, 0.1) is 6.26 Å². The molecule has 1 heterocycles. The van der Waals surface area contributed by atoms with Crippen molar-refractivity contribution in [2.24, 2.45) is 0 Å². The predicted molar refractivity (Wildman–Crippen MR) is 138 cm³/mol. The Morgan fingerprint density at radius 1 is 0.857 bits per heavy atom. The van der Waals surface area contributed by atoms with Crippen LogP contribution in [0, 0.1) is 0 Å². The maximum Gasteiger partial charge on any atom is 0.315 e. The van der Waals surface area contributed by atoms with Crippen molar-refractivity contribution in [2.45, 2.75) is 63.6 Å². The summed E-state index contributed by atoms with van der Waals surface area (Å²) in [6.07, 6.45) is 8.97. The fraction of sp³-hybridized carbons (Fsp3) is 0.500. The van der Waals surface area contributed by atoms with Crippen LogP contribution in [0.3, 0.4) is 0 Å². The van der Waals surface area contributed by atoms with Crippen LogP contribution >= 0.6 is 0 Å². The van der Waals surface area contributed by atoms with Crippen LogP contribution in [0.5, 0.6) is 11.5 Å². The van der Waals surface area contributed by atoms with E-state index in [-0.39, 0.29) is 12.1 Å². The average Bonchev–Trinajstić information content (AvgIpc) is 2.82. The topological polar surface area (TPSA) is 99.8 Å². The van der Waals surface area contributed by atoms with Gasteiger partial charge in [-0.05, 0) is 67.6 Å². The first-order valence-electron chi connectivity index (χ1n) is 12.5. The predicted octanol–water partition coefficient (Wildman–Crippen LogP) is 4.45. The minimum absolute atomic E-state index is 0.00719. The molecule has 0 aromatic heterocycles. The van der Waals surface area contributed by atoms with Gasteiger partial charge in [-0.2, -0.15) is 0 Å². The minimum Gasteiger partial charge on any atom is -0.457 e. The van der Waals surface area contributed by atoms with Gasteiger partial charge in [-0.25, -0.2) is 13.2 Å². The number of anilines is 1. The Morgan fingerprint density at radius 3 is 1.97 bits per heavy atom. The molecule has 4 rings (SSSR count). The van der Waals surface area contributed by atoms with Crippen molar-refractivity contribution in [3.63, 3.8) is 0 Å². The molecule has 2 aliphatic rings. The first kappa shape index (κ1) is 25.3. The Morgan fingerprint density at radius 2 is 1.40 bits per heavy atom. The molecule has 0 radical (unpaired) electrons. The van der Waals surface area contributed by atoms with Crippen LogP contribution in [0.1, 0.15) is 50.5 Å². The van der Waals surface area contributed by atoms with Crippen LogP contribution in [0.4, 0.5) is 10.5 Å². The Hall–Kier alpha value is -2.78. The molecule has 0 bridgehead atoms. The van der Waals surface area contributed by atoms with Crippen LogP contribution in [0.15, 0.2) is 48.5 Å². The second-order valence-corrected chi connectivity index (χ2v) is 11.4. The third kappa shape index (κ3) is 8.43. The number of carbonyl (C=O) groups is 1. The fourth-order valence-electron chi connectivity index (χ4n) is 4.76. The van der Waals surface area contributed by atoms with Crippen molar-refractivity contribution in [1.29, 1.82) is 0 Å². The van der Waals surface area contributed by atoms with Crippen molar-refractivity contribution in [2.75, 3.05) is 24.1 Å². The number of nitrogens with one attached hydrogen (secondary N) is 3. The number of hydrogen-bond acceptors (Lipinski definition) is 5. The van der Waals surface area contributed by atoms with E-state index in [9.17, 15) is 13.2 Å². The van der Waals surface area contributed by atoms with Gasteiger partial charge in [0, 0.05) is 37.4 Å². The monoisotopic (exact) mass is 500 g/mol. The zero-order chi connectivity index (χ0) is 24.7. The highest BCUT2D eigenvalue weighted by atomic mass is 32.2.